The van der Waals surface area contributed by atoms with Crippen molar-refractivity contribution in [1.29, 1.82) is 0 Å². The molecule has 3 heterocycles. The van der Waals surface area contributed by atoms with Crippen LogP contribution in [-0.2, 0) is 11.3 Å². The first-order valence-electron chi connectivity index (χ1n) is 10.8. The number of hydrogen-bond donors (Lipinski definition) is 1. The van der Waals surface area contributed by atoms with Crippen molar-refractivity contribution >= 4 is 23.8 Å². The number of halogens is 1. The summed E-state index contributed by atoms with van der Waals surface area (Å²) < 4.78 is 19.6. The standard InChI is InChI=1S/C23H25FN6O4/c1-14-18(9-11-34-14)21(32)30-22(25-13-15-4-6-17(24)7-5-15)26-20(27-30)16-8-10-29(19(31)12-16)23(33)28(2)3/h4-7,9,11,16H,8,10,12-13H2,1-3H3,(H,25,26,27). The fourth-order valence-electron chi connectivity index (χ4n) is 3.76. The zero-order valence-corrected chi connectivity index (χ0v) is 19.1. The van der Waals surface area contributed by atoms with Gasteiger partial charge in [-0.15, -0.1) is 5.10 Å². The van der Waals surface area contributed by atoms with Crippen LogP contribution >= 0.6 is 0 Å². The van der Waals surface area contributed by atoms with Crippen molar-refractivity contribution in [3.05, 3.63) is 65.1 Å². The Balaban J connectivity index is 1.59. The Morgan fingerprint density at radius 1 is 1.24 bits per heavy atom. The molecule has 1 atom stereocenters. The van der Waals surface area contributed by atoms with E-state index in [2.05, 4.69) is 15.4 Å². The SMILES string of the molecule is Cc1occc1C(=O)n1nc(C2CCN(C(=O)N(C)C)C(=O)C2)nc1NCc1ccc(F)cc1. The molecule has 0 aliphatic carbocycles. The number of rotatable bonds is 5. The van der Waals surface area contributed by atoms with Gasteiger partial charge in [0.2, 0.25) is 11.9 Å². The van der Waals surface area contributed by atoms with Crippen LogP contribution in [0.15, 0.2) is 41.0 Å². The molecule has 0 bridgehead atoms. The molecule has 1 saturated heterocycles. The van der Waals surface area contributed by atoms with E-state index in [1.54, 1.807) is 39.2 Å². The van der Waals surface area contributed by atoms with Crippen molar-refractivity contribution in [2.75, 3.05) is 26.0 Å². The average molecular weight is 468 g/mol. The molecule has 1 fully saturated rings. The number of hydrogen-bond acceptors (Lipinski definition) is 7. The Kier molecular flexibility index (Phi) is 6.44. The fraction of sp³-hybridized carbons (Fsp3) is 0.348. The van der Waals surface area contributed by atoms with Crippen molar-refractivity contribution in [2.24, 2.45) is 0 Å². The molecular formula is C23H25FN6O4. The van der Waals surface area contributed by atoms with E-state index in [9.17, 15) is 18.8 Å². The molecule has 0 spiro atoms. The van der Waals surface area contributed by atoms with Crippen molar-refractivity contribution in [2.45, 2.75) is 32.2 Å². The van der Waals surface area contributed by atoms with Gasteiger partial charge in [0.25, 0.3) is 5.91 Å². The fourth-order valence-corrected chi connectivity index (χ4v) is 3.76. The topological polar surface area (TPSA) is 114 Å². The number of furan rings is 1. The molecule has 1 N–H and O–H groups in total. The second-order valence-corrected chi connectivity index (χ2v) is 8.29. The molecule has 10 nitrogen and oxygen atoms in total. The number of anilines is 1. The summed E-state index contributed by atoms with van der Waals surface area (Å²) >= 11 is 0. The lowest BCUT2D eigenvalue weighted by atomic mass is 9.96. The van der Waals surface area contributed by atoms with Crippen LogP contribution in [-0.4, -0.2) is 63.0 Å². The van der Waals surface area contributed by atoms with Crippen LogP contribution in [0.1, 0.15) is 46.3 Å². The van der Waals surface area contributed by atoms with E-state index in [0.717, 1.165) is 10.2 Å². The number of urea groups is 1. The van der Waals surface area contributed by atoms with E-state index in [1.165, 1.54) is 28.2 Å². The number of carbonyl (C=O) groups excluding carboxylic acids is 3. The monoisotopic (exact) mass is 468 g/mol. The maximum absolute atomic E-state index is 13.2. The van der Waals surface area contributed by atoms with E-state index in [4.69, 9.17) is 4.42 Å². The predicted molar refractivity (Wildman–Crippen MR) is 120 cm³/mol. The summed E-state index contributed by atoms with van der Waals surface area (Å²) in [5.74, 6) is -0.460. The van der Waals surface area contributed by atoms with Crippen LogP contribution < -0.4 is 5.32 Å². The summed E-state index contributed by atoms with van der Waals surface area (Å²) in [7, 11) is 3.18. The highest BCUT2D eigenvalue weighted by Crippen LogP contribution is 2.28. The molecule has 0 saturated carbocycles. The molecule has 1 aliphatic heterocycles. The smallest absolute Gasteiger partial charge is 0.326 e. The predicted octanol–water partition coefficient (Wildman–Crippen LogP) is 3.01. The number of benzene rings is 1. The number of amides is 3. The number of nitrogens with one attached hydrogen (secondary N) is 1. The van der Waals surface area contributed by atoms with Crippen LogP contribution in [0, 0.1) is 12.7 Å². The summed E-state index contributed by atoms with van der Waals surface area (Å²) in [6.07, 6.45) is 1.95. The maximum atomic E-state index is 13.2. The number of imide groups is 1. The van der Waals surface area contributed by atoms with E-state index in [0.29, 0.717) is 23.6 Å². The lowest BCUT2D eigenvalue weighted by Crippen LogP contribution is -2.47. The summed E-state index contributed by atoms with van der Waals surface area (Å²) in [6, 6.07) is 7.14. The molecule has 11 heteroatoms. The van der Waals surface area contributed by atoms with Gasteiger partial charge in [-0.25, -0.2) is 9.18 Å². The number of aromatic nitrogens is 3. The third-order valence-electron chi connectivity index (χ3n) is 5.67. The van der Waals surface area contributed by atoms with Gasteiger partial charge in [-0.1, -0.05) is 12.1 Å². The van der Waals surface area contributed by atoms with Crippen molar-refractivity contribution < 1.29 is 23.2 Å². The molecular weight excluding hydrogens is 443 g/mol. The van der Waals surface area contributed by atoms with E-state index in [-0.39, 0.29) is 49.1 Å². The quantitative estimate of drug-likeness (QED) is 0.612. The molecule has 1 unspecified atom stereocenters. The molecule has 4 rings (SSSR count). The van der Waals surface area contributed by atoms with Gasteiger partial charge in [-0.3, -0.25) is 14.5 Å². The number of nitrogens with zero attached hydrogens (tertiary/aromatic N) is 5. The molecule has 3 amide bonds. The van der Waals surface area contributed by atoms with Crippen LogP contribution in [0.5, 0.6) is 0 Å². The minimum absolute atomic E-state index is 0.0555. The molecule has 1 aromatic carbocycles. The Bertz CT molecular complexity index is 1220. The van der Waals surface area contributed by atoms with Gasteiger partial charge in [0.05, 0.1) is 11.8 Å². The second-order valence-electron chi connectivity index (χ2n) is 8.29. The molecule has 3 aromatic rings. The largest absolute Gasteiger partial charge is 0.469 e. The number of likely N-dealkylation sites (tertiary alicyclic amines) is 1. The molecule has 178 valence electrons. The lowest BCUT2D eigenvalue weighted by molar-refractivity contribution is -0.131. The normalized spacial score (nSPS) is 15.9. The van der Waals surface area contributed by atoms with Crippen molar-refractivity contribution in [3.8, 4) is 0 Å². The molecule has 34 heavy (non-hydrogen) atoms. The van der Waals surface area contributed by atoms with Gasteiger partial charge < -0.3 is 14.6 Å². The average Bonchev–Trinajstić information content (AvgIpc) is 3.44. The Hall–Kier alpha value is -4.02. The van der Waals surface area contributed by atoms with Crippen LogP contribution in [0.3, 0.4) is 0 Å². The summed E-state index contributed by atoms with van der Waals surface area (Å²) in [5, 5.41) is 7.51. The maximum Gasteiger partial charge on any atom is 0.326 e. The molecule has 0 radical (unpaired) electrons. The van der Waals surface area contributed by atoms with Crippen LogP contribution in [0.2, 0.25) is 0 Å². The molecule has 1 aliphatic rings. The van der Waals surface area contributed by atoms with Gasteiger partial charge in [0.1, 0.15) is 11.6 Å². The van der Waals surface area contributed by atoms with Crippen LogP contribution in [0.4, 0.5) is 15.1 Å². The highest BCUT2D eigenvalue weighted by molar-refractivity contribution is 5.97. The first-order chi connectivity index (χ1) is 16.2. The number of aryl methyl sites for hydroxylation is 1. The minimum Gasteiger partial charge on any atom is -0.469 e. The first-order valence-corrected chi connectivity index (χ1v) is 10.8. The third-order valence-corrected chi connectivity index (χ3v) is 5.67. The van der Waals surface area contributed by atoms with Crippen LogP contribution in [0.25, 0.3) is 0 Å². The zero-order valence-electron chi connectivity index (χ0n) is 19.1. The lowest BCUT2D eigenvalue weighted by Gasteiger charge is -2.30. The Morgan fingerprint density at radius 2 is 1.97 bits per heavy atom. The van der Waals surface area contributed by atoms with Crippen molar-refractivity contribution in [1.82, 2.24) is 24.6 Å². The number of carbonyl (C=O) groups is 3. The molecule has 2 aromatic heterocycles. The van der Waals surface area contributed by atoms with Gasteiger partial charge in [0, 0.05) is 39.5 Å². The van der Waals surface area contributed by atoms with E-state index >= 15 is 0 Å². The van der Waals surface area contributed by atoms with Gasteiger partial charge in [-0.05, 0) is 37.1 Å². The summed E-state index contributed by atoms with van der Waals surface area (Å²) in [6.45, 7) is 2.19. The highest BCUT2D eigenvalue weighted by Gasteiger charge is 2.34. The Morgan fingerprint density at radius 3 is 2.59 bits per heavy atom. The summed E-state index contributed by atoms with van der Waals surface area (Å²) in [4.78, 5) is 45.1. The zero-order chi connectivity index (χ0) is 24.4. The first kappa shape index (κ1) is 23.1. The van der Waals surface area contributed by atoms with Gasteiger partial charge in [0.15, 0.2) is 5.82 Å². The summed E-state index contributed by atoms with van der Waals surface area (Å²) in [5.41, 5.74) is 1.12. The van der Waals surface area contributed by atoms with E-state index < -0.39 is 5.91 Å². The minimum atomic E-state index is -0.432. The van der Waals surface area contributed by atoms with Gasteiger partial charge in [-0.2, -0.15) is 9.67 Å². The van der Waals surface area contributed by atoms with Gasteiger partial charge >= 0.3 is 6.03 Å². The second kappa shape index (κ2) is 9.46. The van der Waals surface area contributed by atoms with Crippen molar-refractivity contribution in [3.63, 3.8) is 0 Å². The van der Waals surface area contributed by atoms with E-state index in [1.807, 2.05) is 0 Å². The number of piperidine rings is 1. The Labute approximate surface area is 195 Å². The highest BCUT2D eigenvalue weighted by atomic mass is 19.1. The third kappa shape index (κ3) is 4.68.